The smallest absolute Gasteiger partial charge is 0.234 e. The lowest BCUT2D eigenvalue weighted by Crippen LogP contribution is -2.48. The fourth-order valence-electron chi connectivity index (χ4n) is 2.13. The molecule has 1 amide bonds. The highest BCUT2D eigenvalue weighted by molar-refractivity contribution is 5.78. The van der Waals surface area contributed by atoms with Crippen LogP contribution in [0, 0.1) is 5.92 Å². The Hall–Kier alpha value is -0.570. The summed E-state index contributed by atoms with van der Waals surface area (Å²) in [6, 6.07) is 0.392. The lowest BCUT2D eigenvalue weighted by atomic mass is 9.86. The summed E-state index contributed by atoms with van der Waals surface area (Å²) < 4.78 is 0. The second-order valence-corrected chi connectivity index (χ2v) is 6.04. The Morgan fingerprint density at radius 3 is 2.44 bits per heavy atom. The summed E-state index contributed by atoms with van der Waals surface area (Å²) in [5.41, 5.74) is 0.00945. The monoisotopic (exact) mass is 226 g/mol. The molecule has 1 aliphatic carbocycles. The maximum absolute atomic E-state index is 11.7. The number of carbonyl (C=O) groups excluding carboxylic acids is 1. The zero-order chi connectivity index (χ0) is 12.2. The Labute approximate surface area is 99.4 Å². The summed E-state index contributed by atoms with van der Waals surface area (Å²) in [7, 11) is 0. The molecule has 2 atom stereocenters. The van der Waals surface area contributed by atoms with Gasteiger partial charge in [0, 0.05) is 11.6 Å². The molecule has 0 aromatic heterocycles. The van der Waals surface area contributed by atoms with Gasteiger partial charge in [-0.3, -0.25) is 4.79 Å². The van der Waals surface area contributed by atoms with Crippen LogP contribution in [0.5, 0.6) is 0 Å². The van der Waals surface area contributed by atoms with Crippen molar-refractivity contribution in [3.05, 3.63) is 0 Å². The van der Waals surface area contributed by atoms with E-state index in [4.69, 9.17) is 0 Å². The first-order valence-electron chi connectivity index (χ1n) is 6.43. The topological polar surface area (TPSA) is 41.1 Å². The van der Waals surface area contributed by atoms with E-state index >= 15 is 0 Å². The molecule has 3 nitrogen and oxygen atoms in total. The van der Waals surface area contributed by atoms with Gasteiger partial charge in [-0.25, -0.2) is 0 Å². The van der Waals surface area contributed by atoms with Crippen molar-refractivity contribution in [2.75, 3.05) is 6.54 Å². The second kappa shape index (κ2) is 5.67. The number of hydrogen-bond donors (Lipinski definition) is 2. The molecule has 3 heteroatoms. The molecule has 94 valence electrons. The summed E-state index contributed by atoms with van der Waals surface area (Å²) in [6.07, 6.45) is 4.95. The van der Waals surface area contributed by atoms with Crippen LogP contribution in [0.25, 0.3) is 0 Å². The fourth-order valence-corrected chi connectivity index (χ4v) is 2.13. The minimum Gasteiger partial charge on any atom is -0.352 e. The Morgan fingerprint density at radius 2 is 1.88 bits per heavy atom. The summed E-state index contributed by atoms with van der Waals surface area (Å²) in [5.74, 6) is 0.765. The van der Waals surface area contributed by atoms with Gasteiger partial charge in [-0.05, 0) is 39.5 Å². The van der Waals surface area contributed by atoms with Crippen LogP contribution in [-0.4, -0.2) is 24.0 Å². The second-order valence-electron chi connectivity index (χ2n) is 6.04. The van der Waals surface area contributed by atoms with Crippen LogP contribution in [0.2, 0.25) is 0 Å². The SMILES string of the molecule is C[C@@H]1CCCC[C@@H]1NC(=O)CNC(C)(C)C. The summed E-state index contributed by atoms with van der Waals surface area (Å²) in [4.78, 5) is 11.7. The van der Waals surface area contributed by atoms with E-state index in [0.29, 0.717) is 18.5 Å². The van der Waals surface area contributed by atoms with Gasteiger partial charge in [-0.15, -0.1) is 0 Å². The van der Waals surface area contributed by atoms with Gasteiger partial charge in [0.05, 0.1) is 6.54 Å². The van der Waals surface area contributed by atoms with Crippen molar-refractivity contribution in [3.63, 3.8) is 0 Å². The summed E-state index contributed by atoms with van der Waals surface area (Å²) in [6.45, 7) is 8.88. The van der Waals surface area contributed by atoms with Crippen LogP contribution in [0.1, 0.15) is 53.4 Å². The maximum Gasteiger partial charge on any atom is 0.234 e. The molecule has 0 spiro atoms. The zero-order valence-electron chi connectivity index (χ0n) is 11.1. The number of nitrogens with one attached hydrogen (secondary N) is 2. The van der Waals surface area contributed by atoms with E-state index in [2.05, 4.69) is 38.3 Å². The van der Waals surface area contributed by atoms with E-state index in [1.54, 1.807) is 0 Å². The van der Waals surface area contributed by atoms with Crippen LogP contribution >= 0.6 is 0 Å². The van der Waals surface area contributed by atoms with Gasteiger partial charge in [0.25, 0.3) is 0 Å². The normalized spacial score (nSPS) is 26.5. The molecule has 1 rings (SSSR count). The number of hydrogen-bond acceptors (Lipinski definition) is 2. The lowest BCUT2D eigenvalue weighted by Gasteiger charge is -2.30. The molecule has 2 N–H and O–H groups in total. The van der Waals surface area contributed by atoms with Gasteiger partial charge < -0.3 is 10.6 Å². The van der Waals surface area contributed by atoms with Crippen LogP contribution in [0.4, 0.5) is 0 Å². The van der Waals surface area contributed by atoms with Crippen LogP contribution in [0.3, 0.4) is 0 Å². The van der Waals surface area contributed by atoms with E-state index in [-0.39, 0.29) is 11.4 Å². The maximum atomic E-state index is 11.7. The van der Waals surface area contributed by atoms with Crippen LogP contribution in [-0.2, 0) is 4.79 Å². The fraction of sp³-hybridized carbons (Fsp3) is 0.923. The zero-order valence-corrected chi connectivity index (χ0v) is 11.1. The number of carbonyl (C=O) groups is 1. The van der Waals surface area contributed by atoms with Gasteiger partial charge in [0.15, 0.2) is 0 Å². The van der Waals surface area contributed by atoms with Crippen molar-refractivity contribution >= 4 is 5.91 Å². The third-order valence-corrected chi connectivity index (χ3v) is 3.24. The molecule has 0 aromatic carbocycles. The highest BCUT2D eigenvalue weighted by Crippen LogP contribution is 2.23. The average molecular weight is 226 g/mol. The highest BCUT2D eigenvalue weighted by atomic mass is 16.2. The molecule has 0 radical (unpaired) electrons. The van der Waals surface area contributed by atoms with E-state index in [1.807, 2.05) is 0 Å². The molecular weight excluding hydrogens is 200 g/mol. The molecule has 0 heterocycles. The minimum absolute atomic E-state index is 0.00945. The Balaban J connectivity index is 2.28. The van der Waals surface area contributed by atoms with Gasteiger partial charge in [-0.1, -0.05) is 19.8 Å². The van der Waals surface area contributed by atoms with Crippen molar-refractivity contribution < 1.29 is 4.79 Å². The molecule has 1 aliphatic rings. The van der Waals surface area contributed by atoms with Gasteiger partial charge >= 0.3 is 0 Å². The van der Waals surface area contributed by atoms with Crippen molar-refractivity contribution in [1.29, 1.82) is 0 Å². The quantitative estimate of drug-likeness (QED) is 0.773. The molecule has 0 bridgehead atoms. The molecule has 0 aliphatic heterocycles. The first kappa shape index (κ1) is 13.5. The standard InChI is InChI=1S/C13H26N2O/c1-10-7-5-6-8-11(10)15-12(16)9-14-13(2,3)4/h10-11,14H,5-9H2,1-4H3,(H,15,16)/t10-,11+/m1/s1. The van der Waals surface area contributed by atoms with E-state index in [1.165, 1.54) is 19.3 Å². The predicted molar refractivity (Wildman–Crippen MR) is 67.3 cm³/mol. The molecule has 0 aromatic rings. The van der Waals surface area contributed by atoms with E-state index in [9.17, 15) is 4.79 Å². The molecule has 0 unspecified atom stereocenters. The number of rotatable bonds is 3. The predicted octanol–water partition coefficient (Wildman–Crippen LogP) is 2.07. The molecule has 1 fully saturated rings. The van der Waals surface area contributed by atoms with E-state index in [0.717, 1.165) is 6.42 Å². The Morgan fingerprint density at radius 1 is 1.25 bits per heavy atom. The summed E-state index contributed by atoms with van der Waals surface area (Å²) in [5, 5.41) is 6.35. The Bertz CT molecular complexity index is 233. The molecule has 16 heavy (non-hydrogen) atoms. The average Bonchev–Trinajstić information content (AvgIpc) is 2.18. The molecular formula is C13H26N2O. The van der Waals surface area contributed by atoms with Gasteiger partial charge in [-0.2, -0.15) is 0 Å². The first-order valence-corrected chi connectivity index (χ1v) is 6.43. The third kappa shape index (κ3) is 4.97. The largest absolute Gasteiger partial charge is 0.352 e. The van der Waals surface area contributed by atoms with Crippen molar-refractivity contribution in [2.24, 2.45) is 5.92 Å². The Kier molecular flexibility index (Phi) is 4.78. The number of amides is 1. The van der Waals surface area contributed by atoms with Gasteiger partial charge in [0.2, 0.25) is 5.91 Å². The van der Waals surface area contributed by atoms with Crippen LogP contribution in [0.15, 0.2) is 0 Å². The van der Waals surface area contributed by atoms with Crippen LogP contribution < -0.4 is 10.6 Å². The van der Waals surface area contributed by atoms with Crippen molar-refractivity contribution in [1.82, 2.24) is 10.6 Å². The van der Waals surface area contributed by atoms with Gasteiger partial charge in [0.1, 0.15) is 0 Å². The van der Waals surface area contributed by atoms with E-state index < -0.39 is 0 Å². The highest BCUT2D eigenvalue weighted by Gasteiger charge is 2.23. The summed E-state index contributed by atoms with van der Waals surface area (Å²) >= 11 is 0. The third-order valence-electron chi connectivity index (χ3n) is 3.24. The van der Waals surface area contributed by atoms with Crippen molar-refractivity contribution in [2.45, 2.75) is 65.0 Å². The minimum atomic E-state index is 0.00945. The lowest BCUT2D eigenvalue weighted by molar-refractivity contribution is -0.121. The van der Waals surface area contributed by atoms with Crippen molar-refractivity contribution in [3.8, 4) is 0 Å². The molecule has 1 saturated carbocycles. The first-order chi connectivity index (χ1) is 7.38. The molecule has 0 saturated heterocycles.